The molecular formula is C27H21NS2. The molecule has 0 fully saturated rings. The highest BCUT2D eigenvalue weighted by Gasteiger charge is 2.17. The van der Waals surface area contributed by atoms with Crippen molar-refractivity contribution in [3.8, 4) is 11.3 Å². The first-order valence-electron chi connectivity index (χ1n) is 10.3. The molecule has 1 nitrogen and oxygen atoms in total. The van der Waals surface area contributed by atoms with E-state index >= 15 is 0 Å². The number of hydrogen-bond acceptors (Lipinski definition) is 3. The van der Waals surface area contributed by atoms with Crippen molar-refractivity contribution in [2.24, 2.45) is 0 Å². The van der Waals surface area contributed by atoms with E-state index in [0.29, 0.717) is 5.92 Å². The standard InChI is InChI=1S/C27H21NS2/c1-15(2)20-14-18(13-17-6-4-5-7-19(17)20)27-26-24(10-11-28-27)30-23-9-8-22-21(25(23)26)12-16(3)29-22/h4-15H,1-3H3. The van der Waals surface area contributed by atoms with Gasteiger partial charge in [0.1, 0.15) is 0 Å². The van der Waals surface area contributed by atoms with Crippen LogP contribution in [0.5, 0.6) is 0 Å². The van der Waals surface area contributed by atoms with E-state index in [0.717, 1.165) is 5.69 Å². The van der Waals surface area contributed by atoms with E-state index in [1.54, 1.807) is 0 Å². The Bertz CT molecular complexity index is 1580. The number of aromatic nitrogens is 1. The quantitative estimate of drug-likeness (QED) is 0.271. The van der Waals surface area contributed by atoms with Crippen molar-refractivity contribution in [3.05, 3.63) is 77.3 Å². The molecule has 3 aromatic heterocycles. The smallest absolute Gasteiger partial charge is 0.0795 e. The Balaban J connectivity index is 1.76. The van der Waals surface area contributed by atoms with Crippen LogP contribution in [0.3, 0.4) is 0 Å². The molecule has 6 rings (SSSR count). The van der Waals surface area contributed by atoms with Gasteiger partial charge in [-0.1, -0.05) is 38.1 Å². The van der Waals surface area contributed by atoms with E-state index in [1.165, 1.54) is 57.0 Å². The van der Waals surface area contributed by atoms with Crippen LogP contribution in [0.1, 0.15) is 30.2 Å². The minimum absolute atomic E-state index is 0.458. The Morgan fingerprint density at radius 1 is 0.767 bits per heavy atom. The van der Waals surface area contributed by atoms with Crippen LogP contribution in [0.25, 0.3) is 52.3 Å². The topological polar surface area (TPSA) is 12.9 Å². The lowest BCUT2D eigenvalue weighted by atomic mass is 9.92. The molecule has 0 unspecified atom stereocenters. The van der Waals surface area contributed by atoms with Crippen LogP contribution < -0.4 is 0 Å². The van der Waals surface area contributed by atoms with Gasteiger partial charge in [0.25, 0.3) is 0 Å². The average Bonchev–Trinajstić information content (AvgIpc) is 3.31. The van der Waals surface area contributed by atoms with Gasteiger partial charge in [-0.05, 0) is 65.6 Å². The number of thiophene rings is 2. The zero-order chi connectivity index (χ0) is 20.4. The van der Waals surface area contributed by atoms with Gasteiger partial charge in [0.05, 0.1) is 5.69 Å². The van der Waals surface area contributed by atoms with Gasteiger partial charge in [-0.3, -0.25) is 4.98 Å². The highest BCUT2D eigenvalue weighted by Crippen LogP contribution is 2.44. The molecule has 0 aliphatic heterocycles. The maximum absolute atomic E-state index is 4.93. The second-order valence-electron chi connectivity index (χ2n) is 8.28. The molecule has 30 heavy (non-hydrogen) atoms. The first kappa shape index (κ1) is 18.1. The molecule has 0 spiro atoms. The molecule has 0 aliphatic carbocycles. The predicted octanol–water partition coefficient (Wildman–Crippen LogP) is 8.92. The molecule has 3 heteroatoms. The van der Waals surface area contributed by atoms with Crippen molar-refractivity contribution >= 4 is 63.7 Å². The fourth-order valence-electron chi connectivity index (χ4n) is 4.62. The lowest BCUT2D eigenvalue weighted by molar-refractivity contribution is 0.876. The molecule has 3 heterocycles. The third kappa shape index (κ3) is 2.62. The van der Waals surface area contributed by atoms with Crippen molar-refractivity contribution < 1.29 is 0 Å². The molecule has 146 valence electrons. The Hall–Kier alpha value is -2.75. The van der Waals surface area contributed by atoms with Crippen LogP contribution in [-0.4, -0.2) is 4.98 Å². The summed E-state index contributed by atoms with van der Waals surface area (Å²) in [6, 6.07) is 22.4. The second-order valence-corrected chi connectivity index (χ2v) is 10.7. The zero-order valence-electron chi connectivity index (χ0n) is 17.2. The van der Waals surface area contributed by atoms with E-state index in [1.807, 2.05) is 28.9 Å². The number of benzene rings is 3. The molecule has 0 amide bonds. The highest BCUT2D eigenvalue weighted by atomic mass is 32.1. The van der Waals surface area contributed by atoms with E-state index in [2.05, 4.69) is 81.4 Å². The van der Waals surface area contributed by atoms with E-state index < -0.39 is 0 Å². The van der Waals surface area contributed by atoms with E-state index in [-0.39, 0.29) is 0 Å². The number of fused-ring (bicyclic) bond motifs is 6. The van der Waals surface area contributed by atoms with Crippen LogP contribution in [0.15, 0.2) is 66.9 Å². The normalized spacial score (nSPS) is 12.1. The maximum Gasteiger partial charge on any atom is 0.0795 e. The molecule has 0 N–H and O–H groups in total. The minimum Gasteiger partial charge on any atom is -0.256 e. The van der Waals surface area contributed by atoms with Crippen LogP contribution in [0.2, 0.25) is 0 Å². The van der Waals surface area contributed by atoms with Gasteiger partial charge in [-0.2, -0.15) is 0 Å². The number of hydrogen-bond donors (Lipinski definition) is 0. The molecule has 0 saturated carbocycles. The van der Waals surface area contributed by atoms with Crippen LogP contribution in [0, 0.1) is 6.92 Å². The van der Waals surface area contributed by atoms with E-state index in [9.17, 15) is 0 Å². The first-order valence-corrected chi connectivity index (χ1v) is 12.0. The van der Waals surface area contributed by atoms with Gasteiger partial charge < -0.3 is 0 Å². The molecule has 0 radical (unpaired) electrons. The third-order valence-electron chi connectivity index (χ3n) is 5.96. The number of aryl methyl sites for hydroxylation is 1. The van der Waals surface area contributed by atoms with Crippen LogP contribution in [0.4, 0.5) is 0 Å². The summed E-state index contributed by atoms with van der Waals surface area (Å²) in [5, 5.41) is 6.65. The SMILES string of the molecule is Cc1cc2c(ccc3sc4ccnc(-c5cc(C(C)C)c6ccccc6c5)c4c32)s1. The van der Waals surface area contributed by atoms with Gasteiger partial charge in [-0.25, -0.2) is 0 Å². The molecule has 3 aromatic carbocycles. The first-order chi connectivity index (χ1) is 14.6. The Morgan fingerprint density at radius 2 is 1.57 bits per heavy atom. The van der Waals surface area contributed by atoms with Crippen molar-refractivity contribution in [1.82, 2.24) is 4.98 Å². The van der Waals surface area contributed by atoms with Gasteiger partial charge in [-0.15, -0.1) is 22.7 Å². The van der Waals surface area contributed by atoms with Crippen LogP contribution in [-0.2, 0) is 0 Å². The summed E-state index contributed by atoms with van der Waals surface area (Å²) < 4.78 is 4.01. The van der Waals surface area contributed by atoms with Crippen molar-refractivity contribution in [3.63, 3.8) is 0 Å². The van der Waals surface area contributed by atoms with Crippen LogP contribution >= 0.6 is 22.7 Å². The minimum atomic E-state index is 0.458. The third-order valence-corrected chi connectivity index (χ3v) is 8.09. The van der Waals surface area contributed by atoms with Crippen molar-refractivity contribution in [2.75, 3.05) is 0 Å². The second kappa shape index (κ2) is 6.63. The maximum atomic E-state index is 4.93. The van der Waals surface area contributed by atoms with Crippen molar-refractivity contribution in [1.29, 1.82) is 0 Å². The molecule has 0 saturated heterocycles. The predicted molar refractivity (Wildman–Crippen MR) is 134 cm³/mol. The summed E-state index contributed by atoms with van der Waals surface area (Å²) in [5.41, 5.74) is 3.70. The van der Waals surface area contributed by atoms with E-state index in [4.69, 9.17) is 4.98 Å². The molecule has 6 aromatic rings. The van der Waals surface area contributed by atoms with Gasteiger partial charge in [0.2, 0.25) is 0 Å². The highest BCUT2D eigenvalue weighted by molar-refractivity contribution is 7.26. The lowest BCUT2D eigenvalue weighted by Crippen LogP contribution is -1.93. The largest absolute Gasteiger partial charge is 0.256 e. The van der Waals surface area contributed by atoms with Gasteiger partial charge in [0, 0.05) is 46.9 Å². The lowest BCUT2D eigenvalue weighted by Gasteiger charge is -2.14. The zero-order valence-corrected chi connectivity index (χ0v) is 18.8. The van der Waals surface area contributed by atoms with Gasteiger partial charge in [0.15, 0.2) is 0 Å². The number of rotatable bonds is 2. The van der Waals surface area contributed by atoms with Gasteiger partial charge >= 0.3 is 0 Å². The molecule has 0 bridgehead atoms. The number of pyridine rings is 1. The summed E-state index contributed by atoms with van der Waals surface area (Å²) in [6.07, 6.45) is 1.97. The molecule has 0 atom stereocenters. The number of nitrogens with zero attached hydrogens (tertiary/aromatic N) is 1. The Kier molecular flexibility index (Phi) is 3.99. The monoisotopic (exact) mass is 423 g/mol. The molecular weight excluding hydrogens is 402 g/mol. The average molecular weight is 424 g/mol. The molecule has 0 aliphatic rings. The summed E-state index contributed by atoms with van der Waals surface area (Å²) in [6.45, 7) is 6.75. The summed E-state index contributed by atoms with van der Waals surface area (Å²) in [5.74, 6) is 0.458. The summed E-state index contributed by atoms with van der Waals surface area (Å²) in [7, 11) is 0. The Labute approximate surface area is 183 Å². The van der Waals surface area contributed by atoms with Crippen molar-refractivity contribution in [2.45, 2.75) is 26.7 Å². The fraction of sp³-hybridized carbons (Fsp3) is 0.148. The fourth-order valence-corrected chi connectivity index (χ4v) is 6.67. The summed E-state index contributed by atoms with van der Waals surface area (Å²) in [4.78, 5) is 6.29. The Morgan fingerprint density at radius 3 is 2.43 bits per heavy atom. The summed E-state index contributed by atoms with van der Waals surface area (Å²) >= 11 is 3.75.